The molecule has 6 heteroatoms. The Morgan fingerprint density at radius 3 is 2.46 bits per heavy atom. The first-order valence-electron chi connectivity index (χ1n) is 8.40. The van der Waals surface area contributed by atoms with E-state index in [1.165, 1.54) is 11.3 Å². The van der Waals surface area contributed by atoms with E-state index in [0.717, 1.165) is 28.3 Å². The molecule has 0 fully saturated rings. The standard InChI is InChI=1S/C20H21N3O2S/c1-4-25-16-10-8-15(9-11-16)21-20-22-17(12-26-20)19(24)23-18-13(2)6-5-7-14(18)3/h5-12H,4H2,1-3H3,(H,21,22)(H,23,24). The van der Waals surface area contributed by atoms with Crippen LogP contribution in [0.1, 0.15) is 28.5 Å². The Morgan fingerprint density at radius 1 is 1.12 bits per heavy atom. The number of benzene rings is 2. The van der Waals surface area contributed by atoms with Gasteiger partial charge >= 0.3 is 0 Å². The van der Waals surface area contributed by atoms with Gasteiger partial charge in [-0.2, -0.15) is 0 Å². The summed E-state index contributed by atoms with van der Waals surface area (Å²) in [5, 5.41) is 8.58. The molecule has 0 unspecified atom stereocenters. The number of para-hydroxylation sites is 1. The van der Waals surface area contributed by atoms with Gasteiger partial charge in [0.2, 0.25) is 0 Å². The first-order chi connectivity index (χ1) is 12.6. The average Bonchev–Trinajstić information content (AvgIpc) is 3.09. The fourth-order valence-electron chi connectivity index (χ4n) is 2.55. The third-order valence-corrected chi connectivity index (χ3v) is 4.63. The first kappa shape index (κ1) is 17.9. The molecular weight excluding hydrogens is 346 g/mol. The fourth-order valence-corrected chi connectivity index (χ4v) is 3.26. The van der Waals surface area contributed by atoms with E-state index >= 15 is 0 Å². The highest BCUT2D eigenvalue weighted by molar-refractivity contribution is 7.14. The van der Waals surface area contributed by atoms with E-state index in [1.54, 1.807) is 5.38 Å². The van der Waals surface area contributed by atoms with E-state index in [9.17, 15) is 4.79 Å². The molecule has 1 aromatic heterocycles. The minimum atomic E-state index is -0.210. The van der Waals surface area contributed by atoms with Crippen LogP contribution in [0.3, 0.4) is 0 Å². The predicted molar refractivity (Wildman–Crippen MR) is 107 cm³/mol. The first-order valence-corrected chi connectivity index (χ1v) is 9.27. The molecule has 1 amide bonds. The van der Waals surface area contributed by atoms with Crippen molar-refractivity contribution in [1.82, 2.24) is 4.98 Å². The molecule has 0 saturated heterocycles. The van der Waals surface area contributed by atoms with Crippen LogP contribution >= 0.6 is 11.3 Å². The molecule has 26 heavy (non-hydrogen) atoms. The van der Waals surface area contributed by atoms with Crippen LogP contribution in [0.5, 0.6) is 5.75 Å². The average molecular weight is 367 g/mol. The van der Waals surface area contributed by atoms with E-state index in [-0.39, 0.29) is 5.91 Å². The lowest BCUT2D eigenvalue weighted by Crippen LogP contribution is -2.14. The Morgan fingerprint density at radius 2 is 1.81 bits per heavy atom. The molecule has 3 aromatic rings. The van der Waals surface area contributed by atoms with Gasteiger partial charge in [0.1, 0.15) is 11.4 Å². The number of rotatable bonds is 6. The van der Waals surface area contributed by atoms with E-state index in [0.29, 0.717) is 17.4 Å². The van der Waals surface area contributed by atoms with E-state index < -0.39 is 0 Å². The second kappa shape index (κ2) is 8.01. The maximum absolute atomic E-state index is 12.5. The number of thiazole rings is 1. The highest BCUT2D eigenvalue weighted by Crippen LogP contribution is 2.24. The summed E-state index contributed by atoms with van der Waals surface area (Å²) in [6, 6.07) is 13.6. The molecule has 0 aliphatic heterocycles. The lowest BCUT2D eigenvalue weighted by atomic mass is 10.1. The second-order valence-electron chi connectivity index (χ2n) is 5.84. The second-order valence-corrected chi connectivity index (χ2v) is 6.70. The lowest BCUT2D eigenvalue weighted by Gasteiger charge is -2.10. The van der Waals surface area contributed by atoms with Crippen LogP contribution in [-0.2, 0) is 0 Å². The fraction of sp³-hybridized carbons (Fsp3) is 0.200. The van der Waals surface area contributed by atoms with E-state index in [2.05, 4.69) is 15.6 Å². The van der Waals surface area contributed by atoms with Crippen LogP contribution in [0.15, 0.2) is 47.8 Å². The van der Waals surface area contributed by atoms with Crippen LogP contribution in [-0.4, -0.2) is 17.5 Å². The Balaban J connectivity index is 1.68. The molecule has 0 atom stereocenters. The highest BCUT2D eigenvalue weighted by Gasteiger charge is 2.13. The monoisotopic (exact) mass is 367 g/mol. The van der Waals surface area contributed by atoms with E-state index in [1.807, 2.05) is 63.2 Å². The van der Waals surface area contributed by atoms with Crippen molar-refractivity contribution < 1.29 is 9.53 Å². The van der Waals surface area contributed by atoms with Gasteiger partial charge in [0, 0.05) is 16.8 Å². The summed E-state index contributed by atoms with van der Waals surface area (Å²) in [6.07, 6.45) is 0. The number of hydrogen-bond acceptors (Lipinski definition) is 5. The van der Waals surface area contributed by atoms with Crippen molar-refractivity contribution in [2.45, 2.75) is 20.8 Å². The predicted octanol–water partition coefficient (Wildman–Crippen LogP) is 5.15. The van der Waals surface area contributed by atoms with Gasteiger partial charge in [-0.25, -0.2) is 4.98 Å². The van der Waals surface area contributed by atoms with Gasteiger partial charge in [0.25, 0.3) is 5.91 Å². The molecule has 0 radical (unpaired) electrons. The van der Waals surface area contributed by atoms with Crippen LogP contribution in [0.25, 0.3) is 0 Å². The zero-order chi connectivity index (χ0) is 18.5. The zero-order valence-corrected chi connectivity index (χ0v) is 15.8. The molecular formula is C20H21N3O2S. The number of nitrogens with one attached hydrogen (secondary N) is 2. The number of carbonyl (C=O) groups excluding carboxylic acids is 1. The van der Waals surface area contributed by atoms with Crippen molar-refractivity contribution in [2.24, 2.45) is 0 Å². The van der Waals surface area contributed by atoms with Gasteiger partial charge in [0.05, 0.1) is 6.61 Å². The van der Waals surface area contributed by atoms with Crippen LogP contribution < -0.4 is 15.4 Å². The third-order valence-electron chi connectivity index (χ3n) is 3.87. The van der Waals surface area contributed by atoms with Crippen molar-refractivity contribution in [2.75, 3.05) is 17.2 Å². The molecule has 2 aromatic carbocycles. The van der Waals surface area contributed by atoms with Gasteiger partial charge < -0.3 is 15.4 Å². The Bertz CT molecular complexity index is 883. The lowest BCUT2D eigenvalue weighted by molar-refractivity contribution is 0.102. The number of aryl methyl sites for hydroxylation is 2. The van der Waals surface area contributed by atoms with Crippen molar-refractivity contribution in [3.63, 3.8) is 0 Å². The maximum atomic E-state index is 12.5. The molecule has 0 saturated carbocycles. The summed E-state index contributed by atoms with van der Waals surface area (Å²) in [5.41, 5.74) is 4.18. The molecule has 3 rings (SSSR count). The SMILES string of the molecule is CCOc1ccc(Nc2nc(C(=O)Nc3c(C)cccc3C)cs2)cc1. The molecule has 0 aliphatic rings. The number of aromatic nitrogens is 1. The number of nitrogens with zero attached hydrogens (tertiary/aromatic N) is 1. The molecule has 0 spiro atoms. The quantitative estimate of drug-likeness (QED) is 0.632. The van der Waals surface area contributed by atoms with Crippen molar-refractivity contribution in [1.29, 1.82) is 0 Å². The minimum Gasteiger partial charge on any atom is -0.494 e. The number of carbonyl (C=O) groups is 1. The molecule has 0 aliphatic carbocycles. The molecule has 1 heterocycles. The van der Waals surface area contributed by atoms with Crippen LogP contribution in [0, 0.1) is 13.8 Å². The summed E-state index contributed by atoms with van der Waals surface area (Å²) >= 11 is 1.39. The maximum Gasteiger partial charge on any atom is 0.275 e. The molecule has 5 nitrogen and oxygen atoms in total. The number of anilines is 3. The van der Waals surface area contributed by atoms with Gasteiger partial charge in [0.15, 0.2) is 5.13 Å². The Labute approximate surface area is 157 Å². The molecule has 134 valence electrons. The number of amides is 1. The zero-order valence-electron chi connectivity index (χ0n) is 15.0. The normalized spacial score (nSPS) is 10.4. The summed E-state index contributed by atoms with van der Waals surface area (Å²) in [7, 11) is 0. The van der Waals surface area contributed by atoms with Gasteiger partial charge in [-0.15, -0.1) is 11.3 Å². The largest absolute Gasteiger partial charge is 0.494 e. The van der Waals surface area contributed by atoms with Gasteiger partial charge in [-0.1, -0.05) is 18.2 Å². The summed E-state index contributed by atoms with van der Waals surface area (Å²) < 4.78 is 5.43. The molecule has 0 bridgehead atoms. The van der Waals surface area contributed by atoms with Crippen LogP contribution in [0.2, 0.25) is 0 Å². The minimum absolute atomic E-state index is 0.210. The number of hydrogen-bond donors (Lipinski definition) is 2. The van der Waals surface area contributed by atoms with Crippen molar-refractivity contribution >= 4 is 33.8 Å². The topological polar surface area (TPSA) is 63.2 Å². The number of ether oxygens (including phenoxy) is 1. The summed E-state index contributed by atoms with van der Waals surface area (Å²) in [4.78, 5) is 16.9. The van der Waals surface area contributed by atoms with Gasteiger partial charge in [-0.3, -0.25) is 4.79 Å². The summed E-state index contributed by atoms with van der Waals surface area (Å²) in [5.74, 6) is 0.615. The van der Waals surface area contributed by atoms with E-state index in [4.69, 9.17) is 4.74 Å². The smallest absolute Gasteiger partial charge is 0.275 e. The van der Waals surface area contributed by atoms with Crippen molar-refractivity contribution in [3.8, 4) is 5.75 Å². The van der Waals surface area contributed by atoms with Gasteiger partial charge in [-0.05, 0) is 56.2 Å². The third kappa shape index (κ3) is 4.21. The summed E-state index contributed by atoms with van der Waals surface area (Å²) in [6.45, 7) is 6.54. The molecule has 2 N–H and O–H groups in total. The van der Waals surface area contributed by atoms with Crippen LogP contribution in [0.4, 0.5) is 16.5 Å². The highest BCUT2D eigenvalue weighted by atomic mass is 32.1. The Hall–Kier alpha value is -2.86. The van der Waals surface area contributed by atoms with Crippen molar-refractivity contribution in [3.05, 3.63) is 64.7 Å². The Kier molecular flexibility index (Phi) is 5.53.